The van der Waals surface area contributed by atoms with Crippen LogP contribution in [-0.2, 0) is 0 Å². The Morgan fingerprint density at radius 3 is 2.53 bits per heavy atom. The molecule has 0 aliphatic rings. The van der Waals surface area contributed by atoms with Crippen LogP contribution in [0.15, 0.2) is 48.5 Å². The molecule has 0 radical (unpaired) electrons. The third kappa shape index (κ3) is 3.30. The lowest BCUT2D eigenvalue weighted by atomic mass is 10.2. The predicted octanol–water partition coefficient (Wildman–Crippen LogP) is 2.00. The monoisotopic (exact) mass is 278 g/mol. The Hall–Kier alpha value is -1.92. The van der Waals surface area contributed by atoms with Gasteiger partial charge < -0.3 is 10.5 Å². The minimum Gasteiger partial charge on any atom is -0.595 e. The van der Waals surface area contributed by atoms with Gasteiger partial charge in [-0.25, -0.2) is 5.21 Å². The fourth-order valence-electron chi connectivity index (χ4n) is 1.55. The number of nitrogens with one attached hydrogen (secondary N) is 2. The summed E-state index contributed by atoms with van der Waals surface area (Å²) in [7, 11) is 0. The van der Waals surface area contributed by atoms with Crippen LogP contribution in [0.1, 0.15) is 10.4 Å². The van der Waals surface area contributed by atoms with E-state index in [1.807, 2.05) is 6.07 Å². The zero-order valence-electron chi connectivity index (χ0n) is 9.76. The molecule has 2 aromatic rings. The van der Waals surface area contributed by atoms with E-state index in [2.05, 4.69) is 5.32 Å². The van der Waals surface area contributed by atoms with Gasteiger partial charge in [0.2, 0.25) is 0 Å². The minimum atomic E-state index is -1.11. The van der Waals surface area contributed by atoms with Crippen molar-refractivity contribution in [3.05, 3.63) is 64.3 Å². The molecule has 0 aliphatic carbocycles. The SMILES string of the molecule is O=C(Nc1ccccc1)c1cc([NH+]([O-])O)ccc1Cl. The normalized spacial score (nSPS) is 11.9. The van der Waals surface area contributed by atoms with Gasteiger partial charge in [0, 0.05) is 17.8 Å². The zero-order valence-corrected chi connectivity index (χ0v) is 10.5. The molecule has 0 saturated heterocycles. The van der Waals surface area contributed by atoms with Gasteiger partial charge in [-0.2, -0.15) is 5.23 Å². The maximum Gasteiger partial charge on any atom is 0.257 e. The van der Waals surface area contributed by atoms with E-state index in [0.717, 1.165) is 0 Å². The quantitative estimate of drug-likeness (QED) is 0.752. The van der Waals surface area contributed by atoms with Crippen LogP contribution in [0, 0.1) is 5.21 Å². The zero-order chi connectivity index (χ0) is 13.8. The summed E-state index contributed by atoms with van der Waals surface area (Å²) in [5.74, 6) is -0.445. The molecule has 3 N–H and O–H groups in total. The van der Waals surface area contributed by atoms with E-state index >= 15 is 0 Å². The van der Waals surface area contributed by atoms with Gasteiger partial charge in [0.05, 0.1) is 10.6 Å². The first-order valence-electron chi connectivity index (χ1n) is 5.47. The molecule has 1 unspecified atom stereocenters. The van der Waals surface area contributed by atoms with Gasteiger partial charge in [-0.05, 0) is 18.2 Å². The topological polar surface area (TPSA) is 76.8 Å². The molecule has 1 atom stereocenters. The number of hydrogen-bond donors (Lipinski definition) is 3. The molecule has 0 fully saturated rings. The Kier molecular flexibility index (Phi) is 4.13. The van der Waals surface area contributed by atoms with E-state index in [9.17, 15) is 10.0 Å². The number of anilines is 1. The predicted molar refractivity (Wildman–Crippen MR) is 71.6 cm³/mol. The lowest BCUT2D eigenvalue weighted by molar-refractivity contribution is -0.991. The third-order valence-electron chi connectivity index (χ3n) is 2.49. The van der Waals surface area contributed by atoms with E-state index in [4.69, 9.17) is 16.8 Å². The third-order valence-corrected chi connectivity index (χ3v) is 2.82. The summed E-state index contributed by atoms with van der Waals surface area (Å²) < 4.78 is 0. The molecule has 2 rings (SSSR count). The Bertz CT molecular complexity index is 588. The molecule has 0 aromatic heterocycles. The van der Waals surface area contributed by atoms with Gasteiger partial charge in [-0.1, -0.05) is 29.8 Å². The first-order chi connectivity index (χ1) is 9.08. The van der Waals surface area contributed by atoms with Crippen LogP contribution in [0.5, 0.6) is 0 Å². The van der Waals surface area contributed by atoms with Crippen molar-refractivity contribution in [2.75, 3.05) is 5.32 Å². The van der Waals surface area contributed by atoms with Crippen molar-refractivity contribution in [2.45, 2.75) is 0 Å². The van der Waals surface area contributed by atoms with E-state index in [0.29, 0.717) is 5.69 Å². The smallest absolute Gasteiger partial charge is 0.257 e. The number of quaternary nitrogens is 1. The van der Waals surface area contributed by atoms with Crippen molar-refractivity contribution < 1.29 is 15.2 Å². The van der Waals surface area contributed by atoms with Crippen molar-refractivity contribution in [1.29, 1.82) is 0 Å². The second kappa shape index (κ2) is 5.81. The minimum absolute atomic E-state index is 0.0163. The van der Waals surface area contributed by atoms with Crippen molar-refractivity contribution in [3.63, 3.8) is 0 Å². The van der Waals surface area contributed by atoms with Gasteiger partial charge >= 0.3 is 0 Å². The standard InChI is InChI=1S/C13H11ClN2O3/c14-12-7-6-10(16(18)19)8-11(12)13(17)15-9-4-2-1-3-5-9/h1-8,16,18H,(H,15,17). The van der Waals surface area contributed by atoms with E-state index in [-0.39, 0.29) is 16.3 Å². The highest BCUT2D eigenvalue weighted by Crippen LogP contribution is 2.20. The fourth-order valence-corrected chi connectivity index (χ4v) is 1.76. The Balaban J connectivity index is 2.26. The Labute approximate surface area is 114 Å². The van der Waals surface area contributed by atoms with Crippen molar-refractivity contribution in [3.8, 4) is 0 Å². The molecular weight excluding hydrogens is 268 g/mol. The molecule has 0 bridgehead atoms. The van der Waals surface area contributed by atoms with Crippen LogP contribution >= 0.6 is 11.6 Å². The number of hydrogen-bond acceptors (Lipinski definition) is 3. The molecule has 0 spiro atoms. The highest BCUT2D eigenvalue weighted by Gasteiger charge is 2.13. The summed E-state index contributed by atoms with van der Waals surface area (Å²) in [5.41, 5.74) is 0.761. The maximum absolute atomic E-state index is 12.0. The van der Waals surface area contributed by atoms with Crippen LogP contribution in [0.4, 0.5) is 11.4 Å². The van der Waals surface area contributed by atoms with Crippen molar-refractivity contribution in [1.82, 2.24) is 0 Å². The molecule has 0 aliphatic heterocycles. The van der Waals surface area contributed by atoms with E-state index in [1.165, 1.54) is 18.2 Å². The summed E-state index contributed by atoms with van der Waals surface area (Å²) in [5, 5.41) is 21.5. The van der Waals surface area contributed by atoms with E-state index in [1.54, 1.807) is 24.3 Å². The van der Waals surface area contributed by atoms with E-state index < -0.39 is 11.1 Å². The number of amides is 1. The largest absolute Gasteiger partial charge is 0.595 e. The number of para-hydroxylation sites is 1. The highest BCUT2D eigenvalue weighted by molar-refractivity contribution is 6.34. The molecular formula is C13H11ClN2O3. The van der Waals surface area contributed by atoms with Crippen LogP contribution in [0.3, 0.4) is 0 Å². The summed E-state index contributed by atoms with van der Waals surface area (Å²) in [4.78, 5) is 12.0. The summed E-state index contributed by atoms with van der Waals surface area (Å²) >= 11 is 5.91. The summed E-state index contributed by atoms with van der Waals surface area (Å²) in [6.45, 7) is 0. The average molecular weight is 279 g/mol. The first-order valence-corrected chi connectivity index (χ1v) is 5.85. The fraction of sp³-hybridized carbons (Fsp3) is 0. The van der Waals surface area contributed by atoms with Gasteiger partial charge in [0.15, 0.2) is 5.69 Å². The van der Waals surface area contributed by atoms with Crippen LogP contribution in [0.2, 0.25) is 5.02 Å². The number of carbonyl (C=O) groups excluding carboxylic acids is 1. The Morgan fingerprint density at radius 2 is 1.89 bits per heavy atom. The average Bonchev–Trinajstić information content (AvgIpc) is 2.40. The second-order valence-corrected chi connectivity index (χ2v) is 4.23. The molecule has 1 amide bonds. The highest BCUT2D eigenvalue weighted by atomic mass is 35.5. The van der Waals surface area contributed by atoms with Crippen molar-refractivity contribution >= 4 is 28.9 Å². The van der Waals surface area contributed by atoms with Gasteiger partial charge in [-0.3, -0.25) is 4.79 Å². The summed E-state index contributed by atoms with van der Waals surface area (Å²) in [6.07, 6.45) is 0. The van der Waals surface area contributed by atoms with Crippen molar-refractivity contribution in [2.24, 2.45) is 0 Å². The molecule has 19 heavy (non-hydrogen) atoms. The number of rotatable bonds is 3. The molecule has 0 saturated carbocycles. The van der Waals surface area contributed by atoms with Crippen LogP contribution < -0.4 is 10.5 Å². The van der Waals surface area contributed by atoms with Crippen LogP contribution in [-0.4, -0.2) is 11.1 Å². The molecule has 2 aromatic carbocycles. The summed E-state index contributed by atoms with van der Waals surface area (Å²) in [6, 6.07) is 12.8. The van der Waals surface area contributed by atoms with Gasteiger partial charge in [-0.15, -0.1) is 0 Å². The maximum atomic E-state index is 12.0. The molecule has 0 heterocycles. The molecule has 5 nitrogen and oxygen atoms in total. The van der Waals surface area contributed by atoms with Crippen LogP contribution in [0.25, 0.3) is 0 Å². The lowest BCUT2D eigenvalue weighted by Crippen LogP contribution is -2.99. The van der Waals surface area contributed by atoms with Gasteiger partial charge in [0.25, 0.3) is 5.91 Å². The number of halogens is 1. The number of carbonyl (C=O) groups is 1. The molecule has 6 heteroatoms. The number of benzene rings is 2. The lowest BCUT2D eigenvalue weighted by Gasteiger charge is -2.13. The Morgan fingerprint density at radius 1 is 1.21 bits per heavy atom. The first kappa shape index (κ1) is 13.5. The molecule has 98 valence electrons. The second-order valence-electron chi connectivity index (χ2n) is 3.82. The van der Waals surface area contributed by atoms with Gasteiger partial charge in [0.1, 0.15) is 0 Å².